The zero-order valence-electron chi connectivity index (χ0n) is 12.4. The van der Waals surface area contributed by atoms with Crippen molar-refractivity contribution < 1.29 is 9.53 Å². The average molecular weight is 342 g/mol. The lowest BCUT2D eigenvalue weighted by atomic mass is 10.1. The summed E-state index contributed by atoms with van der Waals surface area (Å²) in [5.41, 5.74) is 1.02. The second-order valence-corrected chi connectivity index (χ2v) is 5.88. The van der Waals surface area contributed by atoms with E-state index in [1.165, 1.54) is 25.7 Å². The van der Waals surface area contributed by atoms with Gasteiger partial charge in [-0.15, -0.1) is 0 Å². The molecule has 1 N–H and O–H groups in total. The molecule has 0 saturated carbocycles. The SMILES string of the molecule is CCCCCCCNC(=O)COc1ccc(Br)cc1C. The smallest absolute Gasteiger partial charge is 0.257 e. The van der Waals surface area contributed by atoms with Gasteiger partial charge in [-0.2, -0.15) is 0 Å². The molecule has 4 heteroatoms. The van der Waals surface area contributed by atoms with Crippen LogP contribution < -0.4 is 10.1 Å². The van der Waals surface area contributed by atoms with E-state index in [0.717, 1.165) is 28.8 Å². The predicted octanol–water partition coefficient (Wildman–Crippen LogP) is 4.22. The highest BCUT2D eigenvalue weighted by atomic mass is 79.9. The van der Waals surface area contributed by atoms with Crippen LogP contribution in [0.5, 0.6) is 5.75 Å². The molecule has 0 radical (unpaired) electrons. The summed E-state index contributed by atoms with van der Waals surface area (Å²) in [5, 5.41) is 2.89. The number of unbranched alkanes of at least 4 members (excludes halogenated alkanes) is 4. The number of halogens is 1. The van der Waals surface area contributed by atoms with Gasteiger partial charge in [-0.1, -0.05) is 48.5 Å². The molecule has 1 aromatic carbocycles. The number of rotatable bonds is 9. The quantitative estimate of drug-likeness (QED) is 0.682. The van der Waals surface area contributed by atoms with Gasteiger partial charge >= 0.3 is 0 Å². The number of hydrogen-bond acceptors (Lipinski definition) is 2. The summed E-state index contributed by atoms with van der Waals surface area (Å²) in [6.45, 7) is 4.98. The lowest BCUT2D eigenvalue weighted by Crippen LogP contribution is -2.29. The van der Waals surface area contributed by atoms with Gasteiger partial charge in [-0.3, -0.25) is 4.79 Å². The normalized spacial score (nSPS) is 10.3. The van der Waals surface area contributed by atoms with E-state index < -0.39 is 0 Å². The fraction of sp³-hybridized carbons (Fsp3) is 0.562. The van der Waals surface area contributed by atoms with Crippen LogP contribution in [0.25, 0.3) is 0 Å². The lowest BCUT2D eigenvalue weighted by molar-refractivity contribution is -0.123. The third-order valence-corrected chi connectivity index (χ3v) is 3.59. The molecule has 1 aromatic rings. The Hall–Kier alpha value is -1.03. The van der Waals surface area contributed by atoms with Gasteiger partial charge in [0.25, 0.3) is 5.91 Å². The largest absolute Gasteiger partial charge is 0.484 e. The van der Waals surface area contributed by atoms with Gasteiger partial charge in [0.15, 0.2) is 6.61 Å². The van der Waals surface area contributed by atoms with E-state index in [-0.39, 0.29) is 12.5 Å². The van der Waals surface area contributed by atoms with Crippen molar-refractivity contribution in [2.75, 3.05) is 13.2 Å². The molecule has 0 aliphatic carbocycles. The molecule has 112 valence electrons. The first-order chi connectivity index (χ1) is 9.63. The summed E-state index contributed by atoms with van der Waals surface area (Å²) in [4.78, 5) is 11.6. The summed E-state index contributed by atoms with van der Waals surface area (Å²) >= 11 is 3.40. The van der Waals surface area contributed by atoms with Crippen LogP contribution in [0, 0.1) is 6.92 Å². The number of ether oxygens (including phenoxy) is 1. The van der Waals surface area contributed by atoms with Crippen LogP contribution in [0.3, 0.4) is 0 Å². The summed E-state index contributed by atoms with van der Waals surface area (Å²) in [7, 11) is 0. The summed E-state index contributed by atoms with van der Waals surface area (Å²) in [6.07, 6.45) is 6.00. The molecular formula is C16H24BrNO2. The molecule has 0 spiro atoms. The van der Waals surface area contributed by atoms with E-state index in [9.17, 15) is 4.79 Å². The molecule has 3 nitrogen and oxygen atoms in total. The fourth-order valence-corrected chi connectivity index (χ4v) is 2.40. The summed E-state index contributed by atoms with van der Waals surface area (Å²) in [5.74, 6) is 0.703. The number of carbonyl (C=O) groups is 1. The molecule has 0 saturated heterocycles. The van der Waals surface area contributed by atoms with Crippen LogP contribution in [0.1, 0.15) is 44.6 Å². The molecule has 0 aliphatic rings. The minimum atomic E-state index is -0.0530. The zero-order valence-corrected chi connectivity index (χ0v) is 14.0. The van der Waals surface area contributed by atoms with E-state index in [4.69, 9.17) is 4.74 Å². The molecule has 0 unspecified atom stereocenters. The van der Waals surface area contributed by atoms with Crippen molar-refractivity contribution >= 4 is 21.8 Å². The monoisotopic (exact) mass is 341 g/mol. The van der Waals surface area contributed by atoms with Crippen LogP contribution >= 0.6 is 15.9 Å². The van der Waals surface area contributed by atoms with Crippen molar-refractivity contribution in [2.24, 2.45) is 0 Å². The van der Waals surface area contributed by atoms with Gasteiger partial charge in [-0.25, -0.2) is 0 Å². The Balaban J connectivity index is 2.16. The first-order valence-electron chi connectivity index (χ1n) is 7.29. The second-order valence-electron chi connectivity index (χ2n) is 4.96. The van der Waals surface area contributed by atoms with Crippen LogP contribution in [0.4, 0.5) is 0 Å². The number of hydrogen-bond donors (Lipinski definition) is 1. The van der Waals surface area contributed by atoms with Crippen LogP contribution in [0.2, 0.25) is 0 Å². The van der Waals surface area contributed by atoms with E-state index in [2.05, 4.69) is 28.2 Å². The van der Waals surface area contributed by atoms with E-state index in [0.29, 0.717) is 0 Å². The van der Waals surface area contributed by atoms with Crippen molar-refractivity contribution in [1.82, 2.24) is 5.32 Å². The maximum atomic E-state index is 11.6. The van der Waals surface area contributed by atoms with Crippen molar-refractivity contribution in [1.29, 1.82) is 0 Å². The third kappa shape index (κ3) is 6.94. The molecule has 0 bridgehead atoms. The first-order valence-corrected chi connectivity index (χ1v) is 8.08. The molecule has 0 aromatic heterocycles. The van der Waals surface area contributed by atoms with E-state index >= 15 is 0 Å². The lowest BCUT2D eigenvalue weighted by Gasteiger charge is -2.09. The number of amides is 1. The van der Waals surface area contributed by atoms with Crippen molar-refractivity contribution in [3.63, 3.8) is 0 Å². The Morgan fingerprint density at radius 1 is 1.25 bits per heavy atom. The molecular weight excluding hydrogens is 318 g/mol. The predicted molar refractivity (Wildman–Crippen MR) is 86.1 cm³/mol. The maximum Gasteiger partial charge on any atom is 0.257 e. The Labute approximate surface area is 130 Å². The highest BCUT2D eigenvalue weighted by Crippen LogP contribution is 2.21. The molecule has 1 rings (SSSR count). The van der Waals surface area contributed by atoms with Gasteiger partial charge in [0.05, 0.1) is 0 Å². The number of carbonyl (C=O) groups excluding carboxylic acids is 1. The standard InChI is InChI=1S/C16H24BrNO2/c1-3-4-5-6-7-10-18-16(19)12-20-15-9-8-14(17)11-13(15)2/h8-9,11H,3-7,10,12H2,1-2H3,(H,18,19). The van der Waals surface area contributed by atoms with Crippen LogP contribution in [-0.4, -0.2) is 19.1 Å². The fourth-order valence-electron chi connectivity index (χ4n) is 1.93. The topological polar surface area (TPSA) is 38.3 Å². The van der Waals surface area contributed by atoms with Crippen LogP contribution in [-0.2, 0) is 4.79 Å². The van der Waals surface area contributed by atoms with Gasteiger partial charge < -0.3 is 10.1 Å². The van der Waals surface area contributed by atoms with Crippen LogP contribution in [0.15, 0.2) is 22.7 Å². The Bertz CT molecular complexity index is 421. The van der Waals surface area contributed by atoms with Gasteiger partial charge in [0, 0.05) is 11.0 Å². The zero-order chi connectivity index (χ0) is 14.8. The van der Waals surface area contributed by atoms with Crippen molar-refractivity contribution in [3.05, 3.63) is 28.2 Å². The van der Waals surface area contributed by atoms with Crippen molar-refractivity contribution in [3.8, 4) is 5.75 Å². The summed E-state index contributed by atoms with van der Waals surface area (Å²) < 4.78 is 6.53. The molecule has 0 heterocycles. The van der Waals surface area contributed by atoms with Gasteiger partial charge in [0.1, 0.15) is 5.75 Å². The first kappa shape index (κ1) is 17.0. The minimum absolute atomic E-state index is 0.0530. The Kier molecular flexibility index (Phi) is 8.35. The summed E-state index contributed by atoms with van der Waals surface area (Å²) in [6, 6.07) is 5.76. The maximum absolute atomic E-state index is 11.6. The molecule has 0 aliphatic heterocycles. The van der Waals surface area contributed by atoms with E-state index in [1.54, 1.807) is 0 Å². The number of aryl methyl sites for hydroxylation is 1. The van der Waals surface area contributed by atoms with E-state index in [1.807, 2.05) is 25.1 Å². The Morgan fingerprint density at radius 3 is 2.70 bits per heavy atom. The highest BCUT2D eigenvalue weighted by Gasteiger charge is 2.04. The average Bonchev–Trinajstić information content (AvgIpc) is 2.41. The second kappa shape index (κ2) is 9.81. The van der Waals surface area contributed by atoms with Crippen molar-refractivity contribution in [2.45, 2.75) is 46.0 Å². The molecule has 0 fully saturated rings. The number of nitrogens with one attached hydrogen (secondary N) is 1. The van der Waals surface area contributed by atoms with Gasteiger partial charge in [0.2, 0.25) is 0 Å². The number of benzene rings is 1. The minimum Gasteiger partial charge on any atom is -0.484 e. The molecule has 0 atom stereocenters. The third-order valence-electron chi connectivity index (χ3n) is 3.10. The van der Waals surface area contributed by atoms with Gasteiger partial charge in [-0.05, 0) is 37.1 Å². The molecule has 20 heavy (non-hydrogen) atoms. The highest BCUT2D eigenvalue weighted by molar-refractivity contribution is 9.10. The molecule has 1 amide bonds. The Morgan fingerprint density at radius 2 is 2.00 bits per heavy atom.